The smallest absolute Gasteiger partial charge is 0.327 e. The highest BCUT2D eigenvalue weighted by molar-refractivity contribution is 7.89. The number of methoxy groups -OCH3 is 1. The maximum absolute atomic E-state index is 12.8. The summed E-state index contributed by atoms with van der Waals surface area (Å²) in [6.07, 6.45) is 1.43. The quantitative estimate of drug-likeness (QED) is 0.462. The third-order valence-corrected chi connectivity index (χ3v) is 5.99. The number of ether oxygens (including phenoxy) is 2. The highest BCUT2D eigenvalue weighted by Gasteiger charge is 2.40. The van der Waals surface area contributed by atoms with E-state index >= 15 is 0 Å². The van der Waals surface area contributed by atoms with Crippen LogP contribution in [-0.4, -0.2) is 101 Å². The van der Waals surface area contributed by atoms with Crippen molar-refractivity contribution in [1.82, 2.24) is 24.2 Å². The summed E-state index contributed by atoms with van der Waals surface area (Å²) in [7, 11) is -2.61. The SMILES string of the molecule is CCOC(=O)Cn1cc(CN2C(C(=O)OC)CN(CCO)CCS2(=O)=O)nn1. The zero-order chi connectivity index (χ0) is 20.7. The van der Waals surface area contributed by atoms with Crippen LogP contribution in [0.4, 0.5) is 0 Å². The summed E-state index contributed by atoms with van der Waals surface area (Å²) < 4.78 is 37.4. The first-order valence-electron chi connectivity index (χ1n) is 8.76. The van der Waals surface area contributed by atoms with Gasteiger partial charge in [-0.05, 0) is 6.92 Å². The predicted molar refractivity (Wildman–Crippen MR) is 95.3 cm³/mol. The first-order chi connectivity index (χ1) is 13.3. The monoisotopic (exact) mass is 419 g/mol. The summed E-state index contributed by atoms with van der Waals surface area (Å²) in [5.41, 5.74) is 0.275. The van der Waals surface area contributed by atoms with Crippen LogP contribution in [0.3, 0.4) is 0 Å². The second-order valence-corrected chi connectivity index (χ2v) is 8.18. The van der Waals surface area contributed by atoms with Crippen LogP contribution < -0.4 is 0 Å². The fourth-order valence-corrected chi connectivity index (χ4v) is 4.44. The minimum absolute atomic E-state index is 0.0867. The number of nitrogens with zero attached hydrogens (tertiary/aromatic N) is 5. The van der Waals surface area contributed by atoms with Crippen molar-refractivity contribution >= 4 is 22.0 Å². The Hall–Kier alpha value is -2.09. The first-order valence-corrected chi connectivity index (χ1v) is 10.4. The average Bonchev–Trinajstić information content (AvgIpc) is 3.03. The molecule has 0 aromatic carbocycles. The second kappa shape index (κ2) is 9.91. The van der Waals surface area contributed by atoms with E-state index in [-0.39, 0.29) is 57.4 Å². The van der Waals surface area contributed by atoms with Crippen LogP contribution in [0, 0.1) is 0 Å². The van der Waals surface area contributed by atoms with Crippen molar-refractivity contribution < 1.29 is 32.6 Å². The van der Waals surface area contributed by atoms with Crippen molar-refractivity contribution in [2.24, 2.45) is 0 Å². The zero-order valence-electron chi connectivity index (χ0n) is 15.9. The Morgan fingerprint density at radius 2 is 2.14 bits per heavy atom. The molecule has 0 bridgehead atoms. The highest BCUT2D eigenvalue weighted by atomic mass is 32.2. The van der Waals surface area contributed by atoms with E-state index in [2.05, 4.69) is 10.3 Å². The van der Waals surface area contributed by atoms with Gasteiger partial charge in [-0.1, -0.05) is 5.21 Å². The van der Waals surface area contributed by atoms with Crippen LogP contribution in [-0.2, 0) is 42.2 Å². The summed E-state index contributed by atoms with van der Waals surface area (Å²) in [5.74, 6) is -1.40. The minimum atomic E-state index is -3.80. The van der Waals surface area contributed by atoms with Gasteiger partial charge in [0.2, 0.25) is 10.0 Å². The summed E-state index contributed by atoms with van der Waals surface area (Å²) in [4.78, 5) is 25.5. The molecule has 0 saturated carbocycles. The number of sulfonamides is 1. The normalized spacial score (nSPS) is 20.5. The number of hydrogen-bond acceptors (Lipinski definition) is 10. The fraction of sp³-hybridized carbons (Fsp3) is 0.733. The molecule has 2 rings (SSSR count). The van der Waals surface area contributed by atoms with Gasteiger partial charge >= 0.3 is 11.9 Å². The molecule has 158 valence electrons. The molecule has 1 N–H and O–H groups in total. The van der Waals surface area contributed by atoms with E-state index in [1.54, 1.807) is 11.8 Å². The van der Waals surface area contributed by atoms with Crippen LogP contribution in [0.5, 0.6) is 0 Å². The van der Waals surface area contributed by atoms with Gasteiger partial charge in [0.05, 0.1) is 44.5 Å². The molecular formula is C15H25N5O7S. The van der Waals surface area contributed by atoms with Crippen molar-refractivity contribution in [3.8, 4) is 0 Å². The molecule has 1 aliphatic heterocycles. The van der Waals surface area contributed by atoms with E-state index in [4.69, 9.17) is 14.6 Å². The Morgan fingerprint density at radius 1 is 1.39 bits per heavy atom. The molecule has 13 heteroatoms. The molecule has 0 amide bonds. The van der Waals surface area contributed by atoms with Gasteiger partial charge in [0.1, 0.15) is 12.6 Å². The van der Waals surface area contributed by atoms with Gasteiger partial charge in [-0.15, -0.1) is 5.10 Å². The summed E-state index contributed by atoms with van der Waals surface area (Å²) >= 11 is 0. The average molecular weight is 419 g/mol. The molecule has 1 aliphatic rings. The number of aliphatic hydroxyl groups excluding tert-OH is 1. The van der Waals surface area contributed by atoms with Crippen LogP contribution in [0.15, 0.2) is 6.20 Å². The second-order valence-electron chi connectivity index (χ2n) is 6.14. The zero-order valence-corrected chi connectivity index (χ0v) is 16.7. The molecule has 1 aromatic rings. The Labute approximate surface area is 163 Å². The van der Waals surface area contributed by atoms with Gasteiger partial charge in [0.25, 0.3) is 0 Å². The van der Waals surface area contributed by atoms with Crippen molar-refractivity contribution in [2.45, 2.75) is 26.1 Å². The number of aliphatic hydroxyl groups is 1. The third kappa shape index (κ3) is 5.70. The van der Waals surface area contributed by atoms with E-state index < -0.39 is 28.0 Å². The summed E-state index contributed by atoms with van der Waals surface area (Å²) in [6, 6.07) is -1.08. The molecule has 1 unspecified atom stereocenters. The van der Waals surface area contributed by atoms with Crippen molar-refractivity contribution in [3.63, 3.8) is 0 Å². The Morgan fingerprint density at radius 3 is 2.79 bits per heavy atom. The molecule has 0 spiro atoms. The molecule has 1 saturated heterocycles. The third-order valence-electron chi connectivity index (χ3n) is 4.19. The molecule has 1 aromatic heterocycles. The number of esters is 2. The topological polar surface area (TPSA) is 144 Å². The minimum Gasteiger partial charge on any atom is -0.468 e. The van der Waals surface area contributed by atoms with E-state index in [0.29, 0.717) is 0 Å². The Balaban J connectivity index is 2.22. The number of rotatable bonds is 8. The van der Waals surface area contributed by atoms with E-state index in [1.165, 1.54) is 18.0 Å². The lowest BCUT2D eigenvalue weighted by Crippen LogP contribution is -2.48. The van der Waals surface area contributed by atoms with Gasteiger partial charge in [0.15, 0.2) is 0 Å². The lowest BCUT2D eigenvalue weighted by molar-refractivity contribution is -0.146. The first kappa shape index (κ1) is 22.2. The maximum Gasteiger partial charge on any atom is 0.327 e. The van der Waals surface area contributed by atoms with E-state index in [1.807, 2.05) is 0 Å². The predicted octanol–water partition coefficient (Wildman–Crippen LogP) is -2.18. The standard InChI is InChI=1S/C15H25N5O7S/c1-3-27-14(22)11-19-8-12(16-17-19)9-20-13(15(23)26-2)10-18(4-6-21)5-7-28(20,24)25/h8,13,21H,3-7,9-11H2,1-2H3. The molecular weight excluding hydrogens is 394 g/mol. The van der Waals surface area contributed by atoms with Crippen LogP contribution in [0.25, 0.3) is 0 Å². The summed E-state index contributed by atoms with van der Waals surface area (Å²) in [6.45, 7) is 1.92. The van der Waals surface area contributed by atoms with Crippen LogP contribution >= 0.6 is 0 Å². The Bertz CT molecular complexity index is 781. The van der Waals surface area contributed by atoms with E-state index in [0.717, 1.165) is 4.31 Å². The number of carbonyl (C=O) groups excluding carboxylic acids is 2. The molecule has 1 atom stereocenters. The molecule has 1 fully saturated rings. The van der Waals surface area contributed by atoms with Crippen molar-refractivity contribution in [1.29, 1.82) is 0 Å². The van der Waals surface area contributed by atoms with Gasteiger partial charge in [-0.2, -0.15) is 4.31 Å². The van der Waals surface area contributed by atoms with Gasteiger partial charge in [-0.25, -0.2) is 13.1 Å². The van der Waals surface area contributed by atoms with Gasteiger partial charge in [-0.3, -0.25) is 14.5 Å². The Kier molecular flexibility index (Phi) is 7.86. The molecule has 2 heterocycles. The van der Waals surface area contributed by atoms with Gasteiger partial charge in [0, 0.05) is 19.6 Å². The lowest BCUT2D eigenvalue weighted by Gasteiger charge is -2.27. The summed E-state index contributed by atoms with van der Waals surface area (Å²) in [5, 5.41) is 16.8. The number of aromatic nitrogens is 3. The molecule has 0 radical (unpaired) electrons. The molecule has 12 nitrogen and oxygen atoms in total. The lowest BCUT2D eigenvalue weighted by atomic mass is 10.2. The number of hydrogen-bond donors (Lipinski definition) is 1. The number of β-amino-alcohol motifs (C(OH)–C–C–N with tert-alkyl or cyclic N) is 1. The molecule has 0 aliphatic carbocycles. The van der Waals surface area contributed by atoms with Crippen LogP contribution in [0.1, 0.15) is 12.6 Å². The van der Waals surface area contributed by atoms with Crippen molar-refractivity contribution in [2.75, 3.05) is 45.7 Å². The fourth-order valence-electron chi connectivity index (χ4n) is 2.85. The van der Waals surface area contributed by atoms with Crippen LogP contribution in [0.2, 0.25) is 0 Å². The number of carbonyl (C=O) groups is 2. The highest BCUT2D eigenvalue weighted by Crippen LogP contribution is 2.19. The van der Waals surface area contributed by atoms with Crippen molar-refractivity contribution in [3.05, 3.63) is 11.9 Å². The van der Waals surface area contributed by atoms with Gasteiger partial charge < -0.3 is 14.6 Å². The largest absolute Gasteiger partial charge is 0.468 e. The molecule has 28 heavy (non-hydrogen) atoms. The maximum atomic E-state index is 12.8. The van der Waals surface area contributed by atoms with E-state index in [9.17, 15) is 18.0 Å².